The van der Waals surface area contributed by atoms with Crippen LogP contribution in [0.25, 0.3) is 0 Å². The van der Waals surface area contributed by atoms with Gasteiger partial charge in [-0.15, -0.1) is 0 Å². The maximum absolute atomic E-state index is 13.7. The lowest BCUT2D eigenvalue weighted by Crippen LogP contribution is -2.77. The first-order chi connectivity index (χ1) is 25.9. The molecule has 4 saturated carbocycles. The van der Waals surface area contributed by atoms with Gasteiger partial charge >= 0.3 is 23.9 Å². The molecule has 3 saturated heterocycles. The molecule has 7 aliphatic rings. The van der Waals surface area contributed by atoms with Crippen molar-refractivity contribution in [2.45, 2.75) is 172 Å². The highest BCUT2D eigenvalue weighted by atomic mass is 16.7. The average molecular weight is 794 g/mol. The smallest absolute Gasteiger partial charge is 0.342 e. The third-order valence-electron chi connectivity index (χ3n) is 16.1. The maximum atomic E-state index is 13.7. The van der Waals surface area contributed by atoms with Crippen LogP contribution < -0.4 is 0 Å². The van der Waals surface area contributed by atoms with E-state index in [-0.39, 0.29) is 25.3 Å². The Labute approximate surface area is 328 Å². The molecule has 0 aromatic heterocycles. The molecule has 0 amide bonds. The Morgan fingerprint density at radius 2 is 1.66 bits per heavy atom. The van der Waals surface area contributed by atoms with Crippen LogP contribution in [0.2, 0.25) is 0 Å². The molecule has 3 heterocycles. The Morgan fingerprint density at radius 3 is 2.29 bits per heavy atom. The first-order valence-electron chi connectivity index (χ1n) is 20.7. The summed E-state index contributed by atoms with van der Waals surface area (Å²) in [6.07, 6.45) is -4.21. The largest absolute Gasteiger partial charge is 0.462 e. The summed E-state index contributed by atoms with van der Waals surface area (Å²) in [4.78, 5) is 54.2. The highest BCUT2D eigenvalue weighted by Crippen LogP contribution is 2.77. The van der Waals surface area contributed by atoms with Gasteiger partial charge in [-0.2, -0.15) is 0 Å². The fourth-order valence-corrected chi connectivity index (χ4v) is 13.1. The van der Waals surface area contributed by atoms with Crippen LogP contribution in [-0.2, 0) is 42.9 Å². The summed E-state index contributed by atoms with van der Waals surface area (Å²) in [5.41, 5.74) is -8.17. The molecule has 19 unspecified atom stereocenters. The first kappa shape index (κ1) is 41.7. The van der Waals surface area contributed by atoms with Crippen LogP contribution in [0.1, 0.15) is 107 Å². The number of esters is 4. The lowest BCUT2D eigenvalue weighted by Gasteiger charge is -2.64. The number of aliphatic hydroxyl groups excluding tert-OH is 1. The van der Waals surface area contributed by atoms with Crippen molar-refractivity contribution in [2.75, 3.05) is 13.1 Å². The molecule has 3 aliphatic heterocycles. The summed E-state index contributed by atoms with van der Waals surface area (Å²) in [6.45, 7) is 15.4. The van der Waals surface area contributed by atoms with Gasteiger partial charge in [0.15, 0.2) is 17.8 Å². The van der Waals surface area contributed by atoms with Crippen molar-refractivity contribution in [2.24, 2.45) is 46.8 Å². The third kappa shape index (κ3) is 5.67. The molecule has 56 heavy (non-hydrogen) atoms. The lowest BCUT2D eigenvalue weighted by molar-refractivity contribution is -0.301. The number of ether oxygens (including phenoxy) is 5. The van der Waals surface area contributed by atoms with Crippen molar-refractivity contribution >= 4 is 23.9 Å². The molecule has 7 rings (SSSR count). The van der Waals surface area contributed by atoms with Gasteiger partial charge in [-0.3, -0.25) is 19.3 Å². The zero-order valence-electron chi connectivity index (χ0n) is 34.2. The van der Waals surface area contributed by atoms with Crippen molar-refractivity contribution in [3.05, 3.63) is 0 Å². The number of hydrogen-bond acceptors (Lipinski definition) is 15. The van der Waals surface area contributed by atoms with Gasteiger partial charge in [-0.05, 0) is 83.5 Å². The minimum absolute atomic E-state index is 0.0258. The van der Waals surface area contributed by atoms with E-state index in [1.165, 1.54) is 13.8 Å². The van der Waals surface area contributed by atoms with Crippen LogP contribution in [0.4, 0.5) is 0 Å². The molecule has 4 bridgehead atoms. The van der Waals surface area contributed by atoms with E-state index in [4.69, 9.17) is 23.7 Å². The molecular weight excluding hydrogens is 730 g/mol. The van der Waals surface area contributed by atoms with E-state index in [0.717, 1.165) is 20.3 Å². The molecule has 4 aliphatic carbocycles. The monoisotopic (exact) mass is 793 g/mol. The predicted octanol–water partition coefficient (Wildman–Crippen LogP) is 1.61. The zero-order chi connectivity index (χ0) is 41.3. The second-order valence-electron chi connectivity index (χ2n) is 19.3. The minimum atomic E-state index is -2.28. The van der Waals surface area contributed by atoms with Crippen LogP contribution in [0.3, 0.4) is 0 Å². The van der Waals surface area contributed by atoms with Gasteiger partial charge in [0.1, 0.15) is 17.8 Å². The fourth-order valence-electron chi connectivity index (χ4n) is 13.1. The van der Waals surface area contributed by atoms with E-state index in [1.807, 2.05) is 13.8 Å². The van der Waals surface area contributed by atoms with Gasteiger partial charge < -0.3 is 49.2 Å². The summed E-state index contributed by atoms with van der Waals surface area (Å²) in [5, 5.41) is 62.8. The third-order valence-corrected chi connectivity index (χ3v) is 16.1. The average Bonchev–Trinajstić information content (AvgIpc) is 3.37. The minimum Gasteiger partial charge on any atom is -0.462 e. The standard InChI is InChI=1S/C41H63NO14/c1-10-20(3)34(46)55-33-31(45)30-24(18-42-17-19(2)11-12-28(42)38(30,9)49)25-16-39-32(40(25,33)50)26(53-23(6)44)15-27-36(39,7)14-13-29(41(27,51)56-39)54-35(47)37(8,48)21(4)52-22(5)43/h19-21,24-33,45,48-51H,10-18H2,1-9H3. The highest BCUT2D eigenvalue weighted by molar-refractivity contribution is 5.80. The van der Waals surface area contributed by atoms with Crippen molar-refractivity contribution in [1.82, 2.24) is 4.90 Å². The summed E-state index contributed by atoms with van der Waals surface area (Å²) in [5.74, 6) is -9.57. The Bertz CT molecular complexity index is 1620. The van der Waals surface area contributed by atoms with Gasteiger partial charge in [0, 0.05) is 50.2 Å². The second-order valence-corrected chi connectivity index (χ2v) is 19.3. The van der Waals surface area contributed by atoms with Crippen LogP contribution in [0.15, 0.2) is 0 Å². The fraction of sp³-hybridized carbons (Fsp3) is 0.902. The number of fused-ring (bicyclic) bond motifs is 5. The molecule has 5 N–H and O–H groups in total. The number of piperidine rings is 2. The SMILES string of the molecule is CCC(C)C(=O)OC1C(O)C2C(CN3CC(C)CCC3C2(C)O)C2CC34OC5(O)C(OC(=O)C(C)(O)C(C)OC(C)=O)CCC3(C)C5CC(OC(C)=O)C4C21O. The van der Waals surface area contributed by atoms with E-state index in [1.54, 1.807) is 13.8 Å². The molecule has 15 heteroatoms. The van der Waals surface area contributed by atoms with Crippen molar-refractivity contribution < 1.29 is 68.4 Å². The molecular formula is C41H63NO14. The molecule has 15 nitrogen and oxygen atoms in total. The Hall–Kier alpha value is -2.40. The number of hydrogen-bond donors (Lipinski definition) is 5. The maximum Gasteiger partial charge on any atom is 0.342 e. The first-order valence-corrected chi connectivity index (χ1v) is 20.7. The van der Waals surface area contributed by atoms with E-state index in [9.17, 15) is 44.7 Å². The van der Waals surface area contributed by atoms with Gasteiger partial charge in [0.25, 0.3) is 0 Å². The summed E-state index contributed by atoms with van der Waals surface area (Å²) in [7, 11) is 0. The molecule has 0 radical (unpaired) electrons. The van der Waals surface area contributed by atoms with Gasteiger partial charge in [-0.1, -0.05) is 27.7 Å². The topological polar surface area (TPSA) is 219 Å². The molecule has 1 spiro atoms. The highest BCUT2D eigenvalue weighted by Gasteiger charge is 2.88. The van der Waals surface area contributed by atoms with Gasteiger partial charge in [-0.25, -0.2) is 4.79 Å². The Morgan fingerprint density at radius 1 is 0.982 bits per heavy atom. The summed E-state index contributed by atoms with van der Waals surface area (Å²) in [6, 6.07) is -0.275. The van der Waals surface area contributed by atoms with Crippen molar-refractivity contribution in [1.29, 1.82) is 0 Å². The number of carbonyl (C=O) groups excluding carboxylic acids is 4. The number of carbonyl (C=O) groups is 4. The molecule has 316 valence electrons. The molecule has 7 fully saturated rings. The van der Waals surface area contributed by atoms with Gasteiger partial charge in [0.2, 0.25) is 5.79 Å². The van der Waals surface area contributed by atoms with E-state index in [2.05, 4.69) is 11.8 Å². The van der Waals surface area contributed by atoms with Crippen LogP contribution >= 0.6 is 0 Å². The summed E-state index contributed by atoms with van der Waals surface area (Å²) < 4.78 is 30.3. The van der Waals surface area contributed by atoms with Crippen LogP contribution in [-0.4, -0.2) is 132 Å². The molecule has 0 aromatic carbocycles. The van der Waals surface area contributed by atoms with Gasteiger partial charge in [0.05, 0.1) is 29.1 Å². The molecule has 0 aromatic rings. The Balaban J connectivity index is 1.35. The zero-order valence-corrected chi connectivity index (χ0v) is 34.2. The number of nitrogens with zero attached hydrogens (tertiary/aromatic N) is 1. The second kappa shape index (κ2) is 13.6. The number of rotatable bonds is 8. The molecule has 19 atom stereocenters. The van der Waals surface area contributed by atoms with E-state index >= 15 is 0 Å². The lowest BCUT2D eigenvalue weighted by atomic mass is 9.49. The summed E-state index contributed by atoms with van der Waals surface area (Å²) >= 11 is 0. The van der Waals surface area contributed by atoms with Crippen molar-refractivity contribution in [3.8, 4) is 0 Å². The normalized spacial score (nSPS) is 49.8. The Kier molecular flexibility index (Phi) is 10.1. The van der Waals surface area contributed by atoms with Crippen molar-refractivity contribution in [3.63, 3.8) is 0 Å². The number of aliphatic hydroxyl groups is 5. The van der Waals surface area contributed by atoms with Crippen LogP contribution in [0.5, 0.6) is 0 Å². The quantitative estimate of drug-likeness (QED) is 0.174. The van der Waals surface area contributed by atoms with Crippen LogP contribution in [0, 0.1) is 46.8 Å². The predicted molar refractivity (Wildman–Crippen MR) is 195 cm³/mol. The van der Waals surface area contributed by atoms with E-state index in [0.29, 0.717) is 38.3 Å². The van der Waals surface area contributed by atoms with E-state index < -0.39 is 124 Å².